The summed E-state index contributed by atoms with van der Waals surface area (Å²) in [6.45, 7) is 8.50. The van der Waals surface area contributed by atoms with E-state index in [0.717, 1.165) is 22.3 Å². The number of rotatable bonds is 4. The zero-order chi connectivity index (χ0) is 17.5. The average Bonchev–Trinajstić information content (AvgIpc) is 3.37. The van der Waals surface area contributed by atoms with Crippen LogP contribution in [0.2, 0.25) is 0 Å². The van der Waals surface area contributed by atoms with E-state index in [0.29, 0.717) is 17.7 Å². The second kappa shape index (κ2) is 6.19. The Balaban J connectivity index is 2.15. The van der Waals surface area contributed by atoms with Gasteiger partial charge in [0.15, 0.2) is 0 Å². The van der Waals surface area contributed by atoms with Crippen molar-refractivity contribution in [2.75, 3.05) is 7.11 Å². The molecule has 0 bridgehead atoms. The fourth-order valence-electron chi connectivity index (χ4n) is 3.50. The van der Waals surface area contributed by atoms with Crippen LogP contribution >= 0.6 is 0 Å². The van der Waals surface area contributed by atoms with Gasteiger partial charge in [0, 0.05) is 12.3 Å². The fraction of sp³-hybridized carbons (Fsp3) is 0.476. The molecule has 0 radical (unpaired) electrons. The molecule has 3 heteroatoms. The molecule has 1 atom stereocenters. The Labute approximate surface area is 144 Å². The molecule has 128 valence electrons. The molecular formula is C21H26FNO. The fourth-order valence-corrected chi connectivity index (χ4v) is 3.50. The standard InChI is InChI=1S/C21H26FNO/c1-13(14-6-7-14)17-10-16(11-18(22)20(17)21(2,3)4)15-8-9-23-19(12-15)24-5/h8-14H,6-7H2,1-5H3. The minimum atomic E-state index is -0.211. The number of aromatic nitrogens is 1. The molecule has 1 aromatic carbocycles. The molecule has 1 heterocycles. The molecule has 24 heavy (non-hydrogen) atoms. The van der Waals surface area contributed by atoms with E-state index in [-0.39, 0.29) is 11.2 Å². The van der Waals surface area contributed by atoms with Gasteiger partial charge in [-0.25, -0.2) is 9.37 Å². The molecule has 1 unspecified atom stereocenters. The van der Waals surface area contributed by atoms with Crippen LogP contribution in [0.15, 0.2) is 30.5 Å². The molecular weight excluding hydrogens is 301 g/mol. The first-order valence-electron chi connectivity index (χ1n) is 8.65. The van der Waals surface area contributed by atoms with E-state index in [9.17, 15) is 0 Å². The van der Waals surface area contributed by atoms with E-state index in [1.165, 1.54) is 12.8 Å². The van der Waals surface area contributed by atoms with Gasteiger partial charge in [0.1, 0.15) is 5.82 Å². The van der Waals surface area contributed by atoms with E-state index in [2.05, 4.69) is 38.7 Å². The molecule has 1 aliphatic rings. The Kier molecular flexibility index (Phi) is 4.37. The van der Waals surface area contributed by atoms with Gasteiger partial charge in [0.05, 0.1) is 7.11 Å². The monoisotopic (exact) mass is 327 g/mol. The molecule has 1 aromatic heterocycles. The van der Waals surface area contributed by atoms with Gasteiger partial charge in [-0.1, -0.05) is 33.8 Å². The third kappa shape index (κ3) is 3.31. The van der Waals surface area contributed by atoms with Crippen LogP contribution in [0.4, 0.5) is 4.39 Å². The van der Waals surface area contributed by atoms with Crippen LogP contribution in [0.5, 0.6) is 5.88 Å². The molecule has 3 rings (SSSR count). The van der Waals surface area contributed by atoms with E-state index in [4.69, 9.17) is 4.74 Å². The summed E-state index contributed by atoms with van der Waals surface area (Å²) in [5.41, 5.74) is 3.62. The smallest absolute Gasteiger partial charge is 0.213 e. The molecule has 0 amide bonds. The highest BCUT2D eigenvalue weighted by atomic mass is 19.1. The molecule has 0 aliphatic heterocycles. The summed E-state index contributed by atoms with van der Waals surface area (Å²) >= 11 is 0. The number of hydrogen-bond donors (Lipinski definition) is 0. The van der Waals surface area contributed by atoms with Crippen molar-refractivity contribution in [2.45, 2.75) is 51.9 Å². The zero-order valence-electron chi connectivity index (χ0n) is 15.2. The van der Waals surface area contributed by atoms with Gasteiger partial charge in [0.2, 0.25) is 5.88 Å². The summed E-state index contributed by atoms with van der Waals surface area (Å²) in [4.78, 5) is 4.14. The van der Waals surface area contributed by atoms with E-state index >= 15 is 4.39 Å². The van der Waals surface area contributed by atoms with Crippen LogP contribution in [0, 0.1) is 11.7 Å². The van der Waals surface area contributed by atoms with Crippen LogP contribution in [0.1, 0.15) is 57.6 Å². The summed E-state index contributed by atoms with van der Waals surface area (Å²) in [5.74, 6) is 1.51. The largest absolute Gasteiger partial charge is 0.481 e. The quantitative estimate of drug-likeness (QED) is 0.718. The lowest BCUT2D eigenvalue weighted by Gasteiger charge is -2.27. The number of halogens is 1. The van der Waals surface area contributed by atoms with Crippen LogP contribution in [-0.4, -0.2) is 12.1 Å². The lowest BCUT2D eigenvalue weighted by molar-refractivity contribution is 0.398. The summed E-state index contributed by atoms with van der Waals surface area (Å²) < 4.78 is 20.3. The number of methoxy groups -OCH3 is 1. The molecule has 1 fully saturated rings. The summed E-state index contributed by atoms with van der Waals surface area (Å²) in [6.07, 6.45) is 4.20. The van der Waals surface area contributed by atoms with Crippen LogP contribution in [0.25, 0.3) is 11.1 Å². The van der Waals surface area contributed by atoms with Crippen molar-refractivity contribution in [3.63, 3.8) is 0 Å². The van der Waals surface area contributed by atoms with Crippen molar-refractivity contribution in [3.8, 4) is 17.0 Å². The molecule has 0 saturated heterocycles. The lowest BCUT2D eigenvalue weighted by Crippen LogP contribution is -2.18. The highest BCUT2D eigenvalue weighted by molar-refractivity contribution is 5.66. The van der Waals surface area contributed by atoms with E-state index in [1.807, 2.05) is 12.1 Å². The van der Waals surface area contributed by atoms with Gasteiger partial charge >= 0.3 is 0 Å². The van der Waals surface area contributed by atoms with Gasteiger partial charge in [-0.05, 0) is 64.5 Å². The number of hydrogen-bond acceptors (Lipinski definition) is 2. The predicted octanol–water partition coefficient (Wildman–Crippen LogP) is 5.71. The highest BCUT2D eigenvalue weighted by Gasteiger charge is 2.34. The maximum absolute atomic E-state index is 15.1. The summed E-state index contributed by atoms with van der Waals surface area (Å²) in [7, 11) is 1.59. The van der Waals surface area contributed by atoms with Crippen molar-refractivity contribution >= 4 is 0 Å². The third-order valence-electron chi connectivity index (χ3n) is 4.97. The number of ether oxygens (including phenoxy) is 1. The first-order valence-corrected chi connectivity index (χ1v) is 8.65. The van der Waals surface area contributed by atoms with E-state index in [1.54, 1.807) is 19.4 Å². The van der Waals surface area contributed by atoms with Gasteiger partial charge in [-0.2, -0.15) is 0 Å². The topological polar surface area (TPSA) is 22.1 Å². The number of nitrogens with zero attached hydrogens (tertiary/aromatic N) is 1. The Bertz CT molecular complexity index is 744. The average molecular weight is 327 g/mol. The maximum Gasteiger partial charge on any atom is 0.213 e. The Morgan fingerprint density at radius 1 is 1.17 bits per heavy atom. The minimum absolute atomic E-state index is 0.113. The Hall–Kier alpha value is -1.90. The van der Waals surface area contributed by atoms with E-state index < -0.39 is 0 Å². The first kappa shape index (κ1) is 16.9. The SMILES string of the molecule is COc1cc(-c2cc(F)c(C(C)(C)C)c(C(C)C3CC3)c2)ccn1. The van der Waals surface area contributed by atoms with Gasteiger partial charge in [0.25, 0.3) is 0 Å². The molecule has 2 aromatic rings. The Morgan fingerprint density at radius 3 is 2.46 bits per heavy atom. The molecule has 2 nitrogen and oxygen atoms in total. The normalized spacial score (nSPS) is 16.1. The second-order valence-corrected chi connectivity index (χ2v) is 7.89. The molecule has 1 saturated carbocycles. The van der Waals surface area contributed by atoms with Crippen molar-refractivity contribution < 1.29 is 9.13 Å². The van der Waals surface area contributed by atoms with Gasteiger partial charge in [-0.15, -0.1) is 0 Å². The number of pyridine rings is 1. The number of benzene rings is 1. The highest BCUT2D eigenvalue weighted by Crippen LogP contribution is 2.46. The first-order chi connectivity index (χ1) is 11.3. The van der Waals surface area contributed by atoms with Crippen molar-refractivity contribution in [1.82, 2.24) is 4.98 Å². The lowest BCUT2D eigenvalue weighted by atomic mass is 9.77. The van der Waals surface area contributed by atoms with Gasteiger partial charge in [-0.3, -0.25) is 0 Å². The molecule has 0 N–H and O–H groups in total. The van der Waals surface area contributed by atoms with Crippen LogP contribution in [-0.2, 0) is 5.41 Å². The second-order valence-electron chi connectivity index (χ2n) is 7.89. The predicted molar refractivity (Wildman–Crippen MR) is 96.0 cm³/mol. The van der Waals surface area contributed by atoms with Gasteiger partial charge < -0.3 is 4.74 Å². The van der Waals surface area contributed by atoms with Crippen molar-refractivity contribution in [1.29, 1.82) is 0 Å². The molecule has 0 spiro atoms. The summed E-state index contributed by atoms with van der Waals surface area (Å²) in [5, 5.41) is 0. The van der Waals surface area contributed by atoms with Crippen molar-refractivity contribution in [2.24, 2.45) is 5.92 Å². The minimum Gasteiger partial charge on any atom is -0.481 e. The van der Waals surface area contributed by atoms with Crippen LogP contribution < -0.4 is 4.74 Å². The molecule has 1 aliphatic carbocycles. The van der Waals surface area contributed by atoms with Crippen molar-refractivity contribution in [3.05, 3.63) is 47.4 Å². The third-order valence-corrected chi connectivity index (χ3v) is 4.97. The summed E-state index contributed by atoms with van der Waals surface area (Å²) in [6, 6.07) is 7.58. The zero-order valence-corrected chi connectivity index (χ0v) is 15.2. The Morgan fingerprint density at radius 2 is 1.88 bits per heavy atom. The maximum atomic E-state index is 15.1. The van der Waals surface area contributed by atoms with Crippen LogP contribution in [0.3, 0.4) is 0 Å².